The van der Waals surface area contributed by atoms with Crippen LogP contribution in [0.5, 0.6) is 11.5 Å². The maximum absolute atomic E-state index is 12.0. The Hall–Kier alpha value is -1.75. The molecule has 1 rings (SSSR count). The molecule has 1 amide bonds. The monoisotopic (exact) mass is 239 g/mol. The van der Waals surface area contributed by atoms with Crippen molar-refractivity contribution in [3.8, 4) is 11.5 Å². The van der Waals surface area contributed by atoms with E-state index in [-0.39, 0.29) is 17.2 Å². The largest absolute Gasteiger partial charge is 0.507 e. The summed E-state index contributed by atoms with van der Waals surface area (Å²) < 4.78 is 9.91. The summed E-state index contributed by atoms with van der Waals surface area (Å²) in [6, 6.07) is 4.55. The average molecular weight is 239 g/mol. The molecule has 94 valence electrons. The van der Waals surface area contributed by atoms with Crippen molar-refractivity contribution >= 4 is 5.91 Å². The number of rotatable bonds is 5. The zero-order chi connectivity index (χ0) is 12.8. The normalized spacial score (nSPS) is 10.1. The molecule has 0 aliphatic rings. The first-order chi connectivity index (χ1) is 8.10. The average Bonchev–Trinajstić information content (AvgIpc) is 2.35. The summed E-state index contributed by atoms with van der Waals surface area (Å²) in [6.07, 6.45) is 0. The number of benzene rings is 1. The van der Waals surface area contributed by atoms with E-state index in [2.05, 4.69) is 0 Å². The topological polar surface area (TPSA) is 59.0 Å². The second-order valence-electron chi connectivity index (χ2n) is 3.60. The van der Waals surface area contributed by atoms with Crippen LogP contribution in [0.4, 0.5) is 0 Å². The number of amides is 1. The molecule has 0 saturated heterocycles. The molecule has 0 aliphatic carbocycles. The molecule has 1 N–H and O–H groups in total. The van der Waals surface area contributed by atoms with Gasteiger partial charge in [0, 0.05) is 20.7 Å². The number of ether oxygens (including phenoxy) is 2. The lowest BCUT2D eigenvalue weighted by atomic mass is 10.1. The molecule has 5 heteroatoms. The number of methoxy groups -OCH3 is 2. The number of carbonyl (C=O) groups is 1. The third kappa shape index (κ3) is 3.35. The second-order valence-corrected chi connectivity index (χ2v) is 3.60. The maximum atomic E-state index is 12.0. The first-order valence-corrected chi connectivity index (χ1v) is 5.21. The van der Waals surface area contributed by atoms with Crippen LogP contribution >= 0.6 is 0 Å². The van der Waals surface area contributed by atoms with Crippen molar-refractivity contribution in [1.29, 1.82) is 0 Å². The first-order valence-electron chi connectivity index (χ1n) is 5.21. The predicted octanol–water partition coefficient (Wildman–Crippen LogP) is 1.12. The molecule has 0 spiro atoms. The van der Waals surface area contributed by atoms with E-state index in [0.717, 1.165) is 0 Å². The molecule has 0 unspecified atom stereocenters. The molecule has 0 bridgehead atoms. The minimum atomic E-state index is -0.265. The van der Waals surface area contributed by atoms with Crippen molar-refractivity contribution in [2.45, 2.75) is 0 Å². The molecule has 0 radical (unpaired) electrons. The quantitative estimate of drug-likeness (QED) is 0.836. The van der Waals surface area contributed by atoms with Crippen molar-refractivity contribution in [1.82, 2.24) is 4.90 Å². The molecular weight excluding hydrogens is 222 g/mol. The minimum absolute atomic E-state index is 0.0555. The van der Waals surface area contributed by atoms with Gasteiger partial charge in [-0.05, 0) is 18.2 Å². The Kier molecular flexibility index (Phi) is 4.78. The number of hydrogen-bond acceptors (Lipinski definition) is 4. The van der Waals surface area contributed by atoms with Gasteiger partial charge in [-0.3, -0.25) is 4.79 Å². The SMILES string of the molecule is COCCN(C)C(=O)c1cc(OC)ccc1O. The highest BCUT2D eigenvalue weighted by Crippen LogP contribution is 2.23. The molecule has 0 atom stereocenters. The van der Waals surface area contributed by atoms with Gasteiger partial charge >= 0.3 is 0 Å². The Morgan fingerprint density at radius 1 is 1.41 bits per heavy atom. The molecule has 0 fully saturated rings. The standard InChI is InChI=1S/C12H17NO4/c1-13(6-7-16-2)12(15)10-8-9(17-3)4-5-11(10)14/h4-5,8,14H,6-7H2,1-3H3. The number of hydrogen-bond donors (Lipinski definition) is 1. The van der Waals surface area contributed by atoms with E-state index in [0.29, 0.717) is 18.9 Å². The van der Waals surface area contributed by atoms with Gasteiger partial charge in [0.05, 0.1) is 19.3 Å². The number of aromatic hydroxyl groups is 1. The van der Waals surface area contributed by atoms with Crippen LogP contribution in [0.1, 0.15) is 10.4 Å². The second kappa shape index (κ2) is 6.10. The summed E-state index contributed by atoms with van der Waals surface area (Å²) in [4.78, 5) is 13.5. The van der Waals surface area contributed by atoms with Crippen molar-refractivity contribution in [3.63, 3.8) is 0 Å². The van der Waals surface area contributed by atoms with Crippen LogP contribution in [0.15, 0.2) is 18.2 Å². The molecule has 1 aromatic carbocycles. The fraction of sp³-hybridized carbons (Fsp3) is 0.417. The molecule has 0 saturated carbocycles. The Balaban J connectivity index is 2.87. The van der Waals surface area contributed by atoms with E-state index in [1.54, 1.807) is 20.2 Å². The Morgan fingerprint density at radius 3 is 2.71 bits per heavy atom. The Morgan fingerprint density at radius 2 is 2.12 bits per heavy atom. The lowest BCUT2D eigenvalue weighted by molar-refractivity contribution is 0.0741. The summed E-state index contributed by atoms with van der Waals surface area (Å²) in [6.45, 7) is 0.916. The van der Waals surface area contributed by atoms with Gasteiger partial charge in [-0.15, -0.1) is 0 Å². The summed E-state index contributed by atoms with van der Waals surface area (Å²) in [7, 11) is 4.73. The van der Waals surface area contributed by atoms with Crippen LogP contribution in [0, 0.1) is 0 Å². The number of likely N-dealkylation sites (N-methyl/N-ethyl adjacent to an activating group) is 1. The molecule has 5 nitrogen and oxygen atoms in total. The van der Waals surface area contributed by atoms with Gasteiger partial charge in [0.2, 0.25) is 0 Å². The lowest BCUT2D eigenvalue weighted by Crippen LogP contribution is -2.30. The number of carbonyl (C=O) groups excluding carboxylic acids is 1. The summed E-state index contributed by atoms with van der Waals surface area (Å²) in [5, 5.41) is 9.64. The van der Waals surface area contributed by atoms with Gasteiger partial charge in [-0.25, -0.2) is 0 Å². The molecule has 0 heterocycles. The molecule has 0 aliphatic heterocycles. The Bertz CT molecular complexity index is 392. The van der Waals surface area contributed by atoms with E-state index in [1.807, 2.05) is 0 Å². The third-order valence-corrected chi connectivity index (χ3v) is 2.41. The van der Waals surface area contributed by atoms with Crippen LogP contribution < -0.4 is 4.74 Å². The highest BCUT2D eigenvalue weighted by molar-refractivity contribution is 5.97. The van der Waals surface area contributed by atoms with Gasteiger partial charge in [-0.2, -0.15) is 0 Å². The summed E-state index contributed by atoms with van der Waals surface area (Å²) >= 11 is 0. The van der Waals surface area contributed by atoms with Crippen molar-refractivity contribution < 1.29 is 19.4 Å². The lowest BCUT2D eigenvalue weighted by Gasteiger charge is -2.17. The van der Waals surface area contributed by atoms with E-state index < -0.39 is 0 Å². The third-order valence-electron chi connectivity index (χ3n) is 2.41. The van der Waals surface area contributed by atoms with Gasteiger partial charge in [0.15, 0.2) is 0 Å². The highest BCUT2D eigenvalue weighted by atomic mass is 16.5. The Labute approximate surface area is 101 Å². The fourth-order valence-corrected chi connectivity index (χ4v) is 1.35. The van der Waals surface area contributed by atoms with Crippen LogP contribution in [0.2, 0.25) is 0 Å². The van der Waals surface area contributed by atoms with Crippen LogP contribution in [-0.4, -0.2) is 50.3 Å². The molecule has 1 aromatic rings. The van der Waals surface area contributed by atoms with Gasteiger partial charge < -0.3 is 19.5 Å². The van der Waals surface area contributed by atoms with E-state index in [9.17, 15) is 9.90 Å². The van der Waals surface area contributed by atoms with E-state index in [1.165, 1.54) is 24.1 Å². The van der Waals surface area contributed by atoms with Crippen LogP contribution in [-0.2, 0) is 4.74 Å². The maximum Gasteiger partial charge on any atom is 0.257 e. The number of nitrogens with zero attached hydrogens (tertiary/aromatic N) is 1. The van der Waals surface area contributed by atoms with Gasteiger partial charge in [0.25, 0.3) is 5.91 Å². The van der Waals surface area contributed by atoms with Gasteiger partial charge in [-0.1, -0.05) is 0 Å². The van der Waals surface area contributed by atoms with E-state index in [4.69, 9.17) is 9.47 Å². The van der Waals surface area contributed by atoms with Crippen molar-refractivity contribution in [2.24, 2.45) is 0 Å². The number of phenolic OH excluding ortho intramolecular Hbond substituents is 1. The zero-order valence-electron chi connectivity index (χ0n) is 10.3. The van der Waals surface area contributed by atoms with Crippen LogP contribution in [0.25, 0.3) is 0 Å². The number of phenols is 1. The van der Waals surface area contributed by atoms with E-state index >= 15 is 0 Å². The zero-order valence-corrected chi connectivity index (χ0v) is 10.3. The smallest absolute Gasteiger partial charge is 0.257 e. The molecule has 17 heavy (non-hydrogen) atoms. The summed E-state index contributed by atoms with van der Waals surface area (Å²) in [5.41, 5.74) is 0.225. The van der Waals surface area contributed by atoms with Crippen molar-refractivity contribution in [3.05, 3.63) is 23.8 Å². The molecule has 0 aromatic heterocycles. The minimum Gasteiger partial charge on any atom is -0.507 e. The van der Waals surface area contributed by atoms with Gasteiger partial charge in [0.1, 0.15) is 11.5 Å². The summed E-state index contributed by atoms with van der Waals surface area (Å²) in [5.74, 6) is 0.213. The first kappa shape index (κ1) is 13.3. The molecular formula is C12H17NO4. The highest BCUT2D eigenvalue weighted by Gasteiger charge is 2.16. The van der Waals surface area contributed by atoms with Crippen molar-refractivity contribution in [2.75, 3.05) is 34.4 Å². The van der Waals surface area contributed by atoms with Crippen LogP contribution in [0.3, 0.4) is 0 Å². The predicted molar refractivity (Wildman–Crippen MR) is 63.5 cm³/mol. The fourth-order valence-electron chi connectivity index (χ4n) is 1.35.